The summed E-state index contributed by atoms with van der Waals surface area (Å²) in [6, 6.07) is 3.79. The summed E-state index contributed by atoms with van der Waals surface area (Å²) < 4.78 is 0. The number of hydrazine groups is 1. The molecule has 19 heavy (non-hydrogen) atoms. The molecule has 1 aromatic rings. The Morgan fingerprint density at radius 3 is 2.84 bits per heavy atom. The minimum atomic E-state index is -0.193. The molecule has 1 fully saturated rings. The van der Waals surface area contributed by atoms with Gasteiger partial charge in [0.25, 0.3) is 0 Å². The summed E-state index contributed by atoms with van der Waals surface area (Å²) in [5.74, 6) is 5.63. The number of rotatable bonds is 5. The van der Waals surface area contributed by atoms with E-state index in [-0.39, 0.29) is 5.91 Å². The number of amides is 1. The van der Waals surface area contributed by atoms with Crippen molar-refractivity contribution in [1.82, 2.24) is 9.88 Å². The summed E-state index contributed by atoms with van der Waals surface area (Å²) in [4.78, 5) is 17.6. The van der Waals surface area contributed by atoms with Crippen LogP contribution >= 0.6 is 0 Å². The lowest BCUT2D eigenvalue weighted by Gasteiger charge is -2.31. The molecule has 1 aromatic heterocycles. The Morgan fingerprint density at radius 1 is 1.47 bits per heavy atom. The number of piperidine rings is 1. The second-order valence-corrected chi connectivity index (χ2v) is 5.07. The Hall–Kier alpha value is -1.66. The summed E-state index contributed by atoms with van der Waals surface area (Å²) in [7, 11) is 0. The van der Waals surface area contributed by atoms with E-state index in [0.717, 1.165) is 43.9 Å². The molecule has 1 aliphatic rings. The topological polar surface area (TPSA) is 97.3 Å². The van der Waals surface area contributed by atoms with Gasteiger partial charge in [0.05, 0.1) is 11.4 Å². The number of carbonyl (C=O) groups is 1. The fourth-order valence-corrected chi connectivity index (χ4v) is 2.52. The van der Waals surface area contributed by atoms with Gasteiger partial charge in [-0.25, -0.2) is 0 Å². The van der Waals surface area contributed by atoms with Crippen LogP contribution in [0.5, 0.6) is 0 Å². The van der Waals surface area contributed by atoms with E-state index in [0.29, 0.717) is 12.3 Å². The molecule has 0 unspecified atom stereocenters. The number of nitrogens with zero attached hydrogens (tertiary/aromatic N) is 2. The second kappa shape index (κ2) is 6.49. The standard InChI is InChI=1S/C13H21N5O/c14-13(19)7-10-2-5-18(6-3-10)9-12-8-11(17-15)1-4-16-12/h1,4,8,10H,2-3,5-7,9,15H2,(H2,14,19)(H,16,17). The molecule has 0 radical (unpaired) electrons. The summed E-state index contributed by atoms with van der Waals surface area (Å²) >= 11 is 0. The van der Waals surface area contributed by atoms with Crippen LogP contribution in [0.3, 0.4) is 0 Å². The van der Waals surface area contributed by atoms with Crippen LogP contribution in [0, 0.1) is 5.92 Å². The Bertz CT molecular complexity index is 429. The maximum Gasteiger partial charge on any atom is 0.217 e. The molecule has 1 saturated heterocycles. The van der Waals surface area contributed by atoms with Gasteiger partial charge in [-0.05, 0) is 44.0 Å². The monoisotopic (exact) mass is 263 g/mol. The fraction of sp³-hybridized carbons (Fsp3) is 0.538. The van der Waals surface area contributed by atoms with Gasteiger partial charge in [0.1, 0.15) is 0 Å². The van der Waals surface area contributed by atoms with Crippen LogP contribution in [0.2, 0.25) is 0 Å². The number of anilines is 1. The van der Waals surface area contributed by atoms with Crippen molar-refractivity contribution >= 4 is 11.6 Å². The SMILES string of the molecule is NNc1ccnc(CN2CCC(CC(N)=O)CC2)c1. The van der Waals surface area contributed by atoms with E-state index >= 15 is 0 Å². The zero-order valence-electron chi connectivity index (χ0n) is 11.0. The summed E-state index contributed by atoms with van der Waals surface area (Å²) in [6.45, 7) is 2.79. The number of hydrogen-bond acceptors (Lipinski definition) is 5. The minimum Gasteiger partial charge on any atom is -0.370 e. The van der Waals surface area contributed by atoms with E-state index in [1.54, 1.807) is 6.20 Å². The van der Waals surface area contributed by atoms with E-state index < -0.39 is 0 Å². The fourth-order valence-electron chi connectivity index (χ4n) is 2.52. The molecule has 1 aliphatic heterocycles. The highest BCUT2D eigenvalue weighted by Crippen LogP contribution is 2.21. The maximum atomic E-state index is 10.9. The molecule has 0 aromatic carbocycles. The third kappa shape index (κ3) is 4.18. The van der Waals surface area contributed by atoms with E-state index in [2.05, 4.69) is 15.3 Å². The van der Waals surface area contributed by atoms with Gasteiger partial charge in [-0.15, -0.1) is 0 Å². The Kier molecular flexibility index (Phi) is 4.70. The van der Waals surface area contributed by atoms with Crippen LogP contribution in [0.4, 0.5) is 5.69 Å². The van der Waals surface area contributed by atoms with Gasteiger partial charge < -0.3 is 11.2 Å². The first kappa shape index (κ1) is 13.8. The zero-order valence-corrected chi connectivity index (χ0v) is 11.0. The number of likely N-dealkylation sites (tertiary alicyclic amines) is 1. The number of nitrogen functional groups attached to an aromatic ring is 1. The van der Waals surface area contributed by atoms with Crippen molar-refractivity contribution in [3.63, 3.8) is 0 Å². The van der Waals surface area contributed by atoms with Crippen molar-refractivity contribution in [3.05, 3.63) is 24.0 Å². The second-order valence-electron chi connectivity index (χ2n) is 5.07. The quantitative estimate of drug-likeness (QED) is 0.529. The largest absolute Gasteiger partial charge is 0.370 e. The van der Waals surface area contributed by atoms with Gasteiger partial charge in [-0.2, -0.15) is 0 Å². The average molecular weight is 263 g/mol. The van der Waals surface area contributed by atoms with Gasteiger partial charge in [-0.3, -0.25) is 20.5 Å². The summed E-state index contributed by atoms with van der Waals surface area (Å²) in [5.41, 5.74) is 9.73. The van der Waals surface area contributed by atoms with E-state index in [1.807, 2.05) is 12.1 Å². The molecule has 0 bridgehead atoms. The van der Waals surface area contributed by atoms with Crippen molar-refractivity contribution in [2.45, 2.75) is 25.8 Å². The normalized spacial score (nSPS) is 17.3. The lowest BCUT2D eigenvalue weighted by Crippen LogP contribution is -2.34. The van der Waals surface area contributed by atoms with Gasteiger partial charge in [0.15, 0.2) is 0 Å². The molecule has 0 saturated carbocycles. The van der Waals surface area contributed by atoms with Crippen LogP contribution in [0.15, 0.2) is 18.3 Å². The Morgan fingerprint density at radius 2 is 2.21 bits per heavy atom. The Balaban J connectivity index is 1.83. The number of pyridine rings is 1. The van der Waals surface area contributed by atoms with E-state index in [4.69, 9.17) is 11.6 Å². The molecular weight excluding hydrogens is 242 g/mol. The highest BCUT2D eigenvalue weighted by Gasteiger charge is 2.20. The third-order valence-corrected chi connectivity index (χ3v) is 3.57. The molecule has 5 N–H and O–H groups in total. The first-order chi connectivity index (χ1) is 9.17. The highest BCUT2D eigenvalue weighted by molar-refractivity contribution is 5.73. The van der Waals surface area contributed by atoms with Crippen molar-refractivity contribution < 1.29 is 4.79 Å². The molecule has 2 rings (SSSR count). The van der Waals surface area contributed by atoms with Gasteiger partial charge in [-0.1, -0.05) is 0 Å². The first-order valence-electron chi connectivity index (χ1n) is 6.59. The molecule has 2 heterocycles. The van der Waals surface area contributed by atoms with Crippen LogP contribution in [-0.2, 0) is 11.3 Å². The van der Waals surface area contributed by atoms with Gasteiger partial charge in [0.2, 0.25) is 5.91 Å². The first-order valence-corrected chi connectivity index (χ1v) is 6.59. The van der Waals surface area contributed by atoms with Crippen LogP contribution in [0.25, 0.3) is 0 Å². The number of nitrogens with two attached hydrogens (primary N) is 2. The Labute approximate surface area is 113 Å². The molecule has 0 atom stereocenters. The highest BCUT2D eigenvalue weighted by atomic mass is 16.1. The molecule has 1 amide bonds. The van der Waals surface area contributed by atoms with Crippen LogP contribution < -0.4 is 17.0 Å². The third-order valence-electron chi connectivity index (χ3n) is 3.57. The number of carbonyl (C=O) groups excluding carboxylic acids is 1. The van der Waals surface area contributed by atoms with Crippen LogP contribution in [0.1, 0.15) is 25.0 Å². The van der Waals surface area contributed by atoms with Crippen molar-refractivity contribution in [2.24, 2.45) is 17.5 Å². The van der Waals surface area contributed by atoms with Crippen molar-refractivity contribution in [1.29, 1.82) is 0 Å². The predicted octanol–water partition coefficient (Wildman–Crippen LogP) is 0.455. The number of primary amides is 1. The summed E-state index contributed by atoms with van der Waals surface area (Å²) in [5, 5.41) is 0. The average Bonchev–Trinajstić information content (AvgIpc) is 2.41. The van der Waals surface area contributed by atoms with E-state index in [9.17, 15) is 4.79 Å². The van der Waals surface area contributed by atoms with Gasteiger partial charge in [0, 0.05) is 19.2 Å². The lowest BCUT2D eigenvalue weighted by molar-refractivity contribution is -0.119. The molecular formula is C13H21N5O. The predicted molar refractivity (Wildman–Crippen MR) is 73.9 cm³/mol. The molecule has 0 spiro atoms. The van der Waals surface area contributed by atoms with Crippen molar-refractivity contribution in [2.75, 3.05) is 18.5 Å². The molecule has 6 heteroatoms. The van der Waals surface area contributed by atoms with E-state index in [1.165, 1.54) is 0 Å². The maximum absolute atomic E-state index is 10.9. The van der Waals surface area contributed by atoms with Crippen molar-refractivity contribution in [3.8, 4) is 0 Å². The number of hydrogen-bond donors (Lipinski definition) is 3. The minimum absolute atomic E-state index is 0.193. The molecule has 0 aliphatic carbocycles. The smallest absolute Gasteiger partial charge is 0.217 e. The zero-order chi connectivity index (χ0) is 13.7. The molecule has 104 valence electrons. The number of aromatic nitrogens is 1. The molecule has 6 nitrogen and oxygen atoms in total. The summed E-state index contributed by atoms with van der Waals surface area (Å²) in [6.07, 6.45) is 4.32. The van der Waals surface area contributed by atoms with Gasteiger partial charge >= 0.3 is 0 Å². The lowest BCUT2D eigenvalue weighted by atomic mass is 9.93. The van der Waals surface area contributed by atoms with Crippen LogP contribution in [-0.4, -0.2) is 28.9 Å². The number of nitrogens with one attached hydrogen (secondary N) is 1.